The first kappa shape index (κ1) is 15.2. The third-order valence-corrected chi connectivity index (χ3v) is 3.57. The van der Waals surface area contributed by atoms with Crippen molar-refractivity contribution in [2.24, 2.45) is 11.7 Å². The van der Waals surface area contributed by atoms with Crippen molar-refractivity contribution in [2.75, 3.05) is 13.6 Å². The minimum absolute atomic E-state index is 0.0345. The molecule has 0 aliphatic rings. The summed E-state index contributed by atoms with van der Waals surface area (Å²) in [6, 6.07) is 7.58. The third-order valence-electron chi connectivity index (χ3n) is 3.07. The number of benzene rings is 1. The number of nitrogens with two attached hydrogens (primary N) is 1. The summed E-state index contributed by atoms with van der Waals surface area (Å²) in [5.74, 6) is 0.478. The molecule has 1 rings (SSSR count). The average molecular weight is 313 g/mol. The van der Waals surface area contributed by atoms with E-state index >= 15 is 0 Å². The molecule has 0 fully saturated rings. The predicted octanol–water partition coefficient (Wildman–Crippen LogP) is 2.89. The van der Waals surface area contributed by atoms with Crippen molar-refractivity contribution in [1.29, 1.82) is 0 Å². The first-order chi connectivity index (χ1) is 8.41. The molecular weight excluding hydrogens is 292 g/mol. The molecule has 18 heavy (non-hydrogen) atoms. The Kier molecular flexibility index (Phi) is 5.82. The number of hydrogen-bond donors (Lipinski definition) is 1. The molecule has 1 aromatic rings. The number of carbonyl (C=O) groups is 1. The van der Waals surface area contributed by atoms with Crippen LogP contribution in [0.5, 0.6) is 0 Å². The Balaban J connectivity index is 2.57. The Bertz CT molecular complexity index is 407. The van der Waals surface area contributed by atoms with Crippen LogP contribution in [0.2, 0.25) is 0 Å². The van der Waals surface area contributed by atoms with Gasteiger partial charge in [-0.25, -0.2) is 0 Å². The van der Waals surface area contributed by atoms with Crippen LogP contribution in [0.3, 0.4) is 0 Å². The molecule has 4 heteroatoms. The topological polar surface area (TPSA) is 46.3 Å². The Hall–Kier alpha value is -0.870. The van der Waals surface area contributed by atoms with Gasteiger partial charge in [-0.1, -0.05) is 35.8 Å². The molecule has 0 spiro atoms. The van der Waals surface area contributed by atoms with E-state index in [4.69, 9.17) is 5.73 Å². The zero-order valence-electron chi connectivity index (χ0n) is 11.2. The van der Waals surface area contributed by atoms with E-state index in [9.17, 15) is 4.79 Å². The van der Waals surface area contributed by atoms with Crippen molar-refractivity contribution < 1.29 is 4.79 Å². The van der Waals surface area contributed by atoms with Crippen LogP contribution in [0.15, 0.2) is 28.7 Å². The maximum absolute atomic E-state index is 12.1. The Labute approximate surface area is 117 Å². The fraction of sp³-hybridized carbons (Fsp3) is 0.500. The molecule has 1 unspecified atom stereocenters. The van der Waals surface area contributed by atoms with Gasteiger partial charge in [-0.05, 0) is 30.5 Å². The van der Waals surface area contributed by atoms with Gasteiger partial charge < -0.3 is 10.6 Å². The van der Waals surface area contributed by atoms with Crippen molar-refractivity contribution in [2.45, 2.75) is 26.3 Å². The minimum Gasteiger partial charge on any atom is -0.342 e. The van der Waals surface area contributed by atoms with E-state index in [2.05, 4.69) is 29.8 Å². The summed E-state index contributed by atoms with van der Waals surface area (Å²) in [5, 5.41) is 0. The van der Waals surface area contributed by atoms with E-state index in [-0.39, 0.29) is 11.9 Å². The lowest BCUT2D eigenvalue weighted by atomic mass is 10.0. The fourth-order valence-corrected chi connectivity index (χ4v) is 2.02. The molecule has 3 nitrogen and oxygen atoms in total. The van der Waals surface area contributed by atoms with Crippen LogP contribution in [-0.4, -0.2) is 30.4 Å². The molecule has 1 amide bonds. The standard InChI is InChI=1S/C14H21BrN2O/c1-10(2)13(16)7-8-17(3)14(18)11-5-4-6-12(15)9-11/h4-6,9-10,13H,7-8,16H2,1-3H3. The summed E-state index contributed by atoms with van der Waals surface area (Å²) in [5.41, 5.74) is 6.68. The van der Waals surface area contributed by atoms with E-state index in [1.807, 2.05) is 31.3 Å². The van der Waals surface area contributed by atoms with Gasteiger partial charge in [0.2, 0.25) is 0 Å². The van der Waals surface area contributed by atoms with Crippen molar-refractivity contribution in [3.8, 4) is 0 Å². The van der Waals surface area contributed by atoms with Crippen molar-refractivity contribution in [3.05, 3.63) is 34.3 Å². The second-order valence-corrected chi connectivity index (χ2v) is 5.85. The predicted molar refractivity (Wildman–Crippen MR) is 78.5 cm³/mol. The van der Waals surface area contributed by atoms with Gasteiger partial charge in [-0.15, -0.1) is 0 Å². The van der Waals surface area contributed by atoms with Gasteiger partial charge in [0.15, 0.2) is 0 Å². The van der Waals surface area contributed by atoms with Gasteiger partial charge >= 0.3 is 0 Å². The molecule has 1 aromatic carbocycles. The minimum atomic E-state index is 0.0345. The second-order valence-electron chi connectivity index (χ2n) is 4.93. The molecule has 0 heterocycles. The van der Waals surface area contributed by atoms with Gasteiger partial charge in [0.25, 0.3) is 5.91 Å². The normalized spacial score (nSPS) is 12.6. The molecular formula is C14H21BrN2O. The first-order valence-electron chi connectivity index (χ1n) is 6.18. The van der Waals surface area contributed by atoms with E-state index in [0.29, 0.717) is 18.0 Å². The van der Waals surface area contributed by atoms with Gasteiger partial charge in [-0.3, -0.25) is 4.79 Å². The third kappa shape index (κ3) is 4.42. The van der Waals surface area contributed by atoms with Gasteiger partial charge in [0, 0.05) is 29.7 Å². The Morgan fingerprint density at radius 1 is 1.44 bits per heavy atom. The zero-order chi connectivity index (χ0) is 13.7. The highest BCUT2D eigenvalue weighted by atomic mass is 79.9. The number of hydrogen-bond acceptors (Lipinski definition) is 2. The molecule has 0 aliphatic carbocycles. The summed E-state index contributed by atoms with van der Waals surface area (Å²) in [7, 11) is 1.82. The van der Waals surface area contributed by atoms with Crippen molar-refractivity contribution in [3.63, 3.8) is 0 Å². The maximum Gasteiger partial charge on any atom is 0.253 e. The lowest BCUT2D eigenvalue weighted by molar-refractivity contribution is 0.0789. The number of halogens is 1. The maximum atomic E-state index is 12.1. The lowest BCUT2D eigenvalue weighted by Crippen LogP contribution is -2.34. The summed E-state index contributed by atoms with van der Waals surface area (Å²) in [6.45, 7) is 4.88. The lowest BCUT2D eigenvalue weighted by Gasteiger charge is -2.21. The van der Waals surface area contributed by atoms with Gasteiger partial charge in [0.05, 0.1) is 0 Å². The highest BCUT2D eigenvalue weighted by Gasteiger charge is 2.14. The van der Waals surface area contributed by atoms with Crippen LogP contribution >= 0.6 is 15.9 Å². The Morgan fingerprint density at radius 3 is 2.67 bits per heavy atom. The molecule has 0 bridgehead atoms. The molecule has 0 aliphatic heterocycles. The Morgan fingerprint density at radius 2 is 2.11 bits per heavy atom. The molecule has 0 saturated heterocycles. The fourth-order valence-electron chi connectivity index (χ4n) is 1.62. The number of rotatable bonds is 5. The van der Waals surface area contributed by atoms with Gasteiger partial charge in [0.1, 0.15) is 0 Å². The molecule has 0 radical (unpaired) electrons. The quantitative estimate of drug-likeness (QED) is 0.908. The molecule has 0 aromatic heterocycles. The van der Waals surface area contributed by atoms with Crippen LogP contribution in [0.4, 0.5) is 0 Å². The summed E-state index contributed by atoms with van der Waals surface area (Å²) < 4.78 is 0.917. The number of carbonyl (C=O) groups excluding carboxylic acids is 1. The van der Waals surface area contributed by atoms with Crippen LogP contribution in [0.1, 0.15) is 30.6 Å². The molecule has 0 saturated carbocycles. The van der Waals surface area contributed by atoms with Crippen LogP contribution in [-0.2, 0) is 0 Å². The smallest absolute Gasteiger partial charge is 0.253 e. The molecule has 1 atom stereocenters. The first-order valence-corrected chi connectivity index (χ1v) is 6.97. The van der Waals surface area contributed by atoms with E-state index in [1.54, 1.807) is 4.90 Å². The summed E-state index contributed by atoms with van der Waals surface area (Å²) >= 11 is 3.37. The van der Waals surface area contributed by atoms with Crippen LogP contribution < -0.4 is 5.73 Å². The zero-order valence-corrected chi connectivity index (χ0v) is 12.8. The van der Waals surface area contributed by atoms with E-state index < -0.39 is 0 Å². The van der Waals surface area contributed by atoms with Gasteiger partial charge in [-0.2, -0.15) is 0 Å². The highest BCUT2D eigenvalue weighted by Crippen LogP contribution is 2.13. The number of amides is 1. The van der Waals surface area contributed by atoms with Crippen LogP contribution in [0.25, 0.3) is 0 Å². The largest absolute Gasteiger partial charge is 0.342 e. The van der Waals surface area contributed by atoms with Crippen LogP contribution in [0, 0.1) is 5.92 Å². The SMILES string of the molecule is CC(C)C(N)CCN(C)C(=O)c1cccc(Br)c1. The highest BCUT2D eigenvalue weighted by molar-refractivity contribution is 9.10. The second kappa shape index (κ2) is 6.90. The van der Waals surface area contributed by atoms with Crippen molar-refractivity contribution >= 4 is 21.8 Å². The molecule has 100 valence electrons. The van der Waals surface area contributed by atoms with Crippen molar-refractivity contribution in [1.82, 2.24) is 4.90 Å². The van der Waals surface area contributed by atoms with E-state index in [1.165, 1.54) is 0 Å². The monoisotopic (exact) mass is 312 g/mol. The van der Waals surface area contributed by atoms with E-state index in [0.717, 1.165) is 10.9 Å². The average Bonchev–Trinajstić information content (AvgIpc) is 2.34. The number of nitrogens with zero attached hydrogens (tertiary/aromatic N) is 1. The summed E-state index contributed by atoms with van der Waals surface area (Å²) in [6.07, 6.45) is 0.827. The molecule has 2 N–H and O–H groups in total. The summed E-state index contributed by atoms with van der Waals surface area (Å²) in [4.78, 5) is 13.9.